The van der Waals surface area contributed by atoms with E-state index in [-0.39, 0.29) is 5.75 Å². The second kappa shape index (κ2) is 6.41. The third kappa shape index (κ3) is 2.90. The van der Waals surface area contributed by atoms with Crippen molar-refractivity contribution in [1.29, 1.82) is 0 Å². The van der Waals surface area contributed by atoms with Gasteiger partial charge in [0.1, 0.15) is 0 Å². The van der Waals surface area contributed by atoms with Crippen molar-refractivity contribution in [2.24, 2.45) is 0 Å². The molecule has 0 N–H and O–H groups in total. The van der Waals surface area contributed by atoms with Gasteiger partial charge >= 0.3 is 5.97 Å². The van der Waals surface area contributed by atoms with Crippen LogP contribution in [0.5, 0.6) is 5.75 Å². The minimum absolute atomic E-state index is 0.271. The fourth-order valence-electron chi connectivity index (χ4n) is 3.14. The molecule has 3 unspecified atom stereocenters. The van der Waals surface area contributed by atoms with Gasteiger partial charge in [0.05, 0.1) is 31.8 Å². The zero-order chi connectivity index (χ0) is 17.4. The number of ether oxygens (including phenoxy) is 4. The minimum Gasteiger partial charge on any atom is -0.493 e. The fraction of sp³-hybridized carbons (Fsp3) is 0.562. The van der Waals surface area contributed by atoms with E-state index in [0.29, 0.717) is 5.56 Å². The van der Waals surface area contributed by atoms with Gasteiger partial charge in [-0.3, -0.25) is 0 Å². The lowest BCUT2D eigenvalue weighted by atomic mass is 9.84. The SMILES string of the molecule is COC(=O)C1OC(C)(C)C(OC)C1c1ccc(F)c(F)c1OC. The van der Waals surface area contributed by atoms with Gasteiger partial charge in [-0.2, -0.15) is 4.39 Å². The number of halogens is 2. The number of esters is 1. The van der Waals surface area contributed by atoms with Gasteiger partial charge in [-0.05, 0) is 19.9 Å². The van der Waals surface area contributed by atoms with E-state index in [1.165, 1.54) is 27.4 Å². The van der Waals surface area contributed by atoms with Gasteiger partial charge in [0.2, 0.25) is 5.82 Å². The quantitative estimate of drug-likeness (QED) is 0.794. The van der Waals surface area contributed by atoms with Gasteiger partial charge in [0.25, 0.3) is 0 Å². The molecule has 1 heterocycles. The Kier molecular flexibility index (Phi) is 4.91. The van der Waals surface area contributed by atoms with Gasteiger partial charge in [-0.25, -0.2) is 9.18 Å². The minimum atomic E-state index is -1.12. The second-order valence-electron chi connectivity index (χ2n) is 5.83. The number of rotatable bonds is 4. The first-order valence-corrected chi connectivity index (χ1v) is 7.08. The largest absolute Gasteiger partial charge is 0.493 e. The molecule has 0 amide bonds. The summed E-state index contributed by atoms with van der Waals surface area (Å²) < 4.78 is 48.6. The Morgan fingerprint density at radius 1 is 1.22 bits per heavy atom. The zero-order valence-corrected chi connectivity index (χ0v) is 13.7. The van der Waals surface area contributed by atoms with Crippen LogP contribution >= 0.6 is 0 Å². The Balaban J connectivity index is 2.61. The maximum absolute atomic E-state index is 14.1. The average molecular weight is 330 g/mol. The van der Waals surface area contributed by atoms with Gasteiger partial charge in [0.15, 0.2) is 17.7 Å². The molecule has 5 nitrogen and oxygen atoms in total. The summed E-state index contributed by atoms with van der Waals surface area (Å²) in [5, 5.41) is 0. The molecule has 1 aliphatic rings. The lowest BCUT2D eigenvalue weighted by Crippen LogP contribution is -2.36. The van der Waals surface area contributed by atoms with Crippen LogP contribution in [0, 0.1) is 11.6 Å². The van der Waals surface area contributed by atoms with Crippen LogP contribution in [0.3, 0.4) is 0 Å². The molecule has 0 bridgehead atoms. The van der Waals surface area contributed by atoms with Crippen molar-refractivity contribution in [3.8, 4) is 5.75 Å². The van der Waals surface area contributed by atoms with Crippen molar-refractivity contribution in [3.05, 3.63) is 29.3 Å². The molecule has 3 atom stereocenters. The lowest BCUT2D eigenvalue weighted by Gasteiger charge is -2.28. The number of hydrogen-bond donors (Lipinski definition) is 0. The number of hydrogen-bond acceptors (Lipinski definition) is 5. The Morgan fingerprint density at radius 2 is 1.87 bits per heavy atom. The van der Waals surface area contributed by atoms with E-state index < -0.39 is 41.3 Å². The molecule has 2 rings (SSSR count). The normalized spacial score (nSPS) is 26.1. The van der Waals surface area contributed by atoms with E-state index in [4.69, 9.17) is 18.9 Å². The van der Waals surface area contributed by atoms with Crippen molar-refractivity contribution in [3.63, 3.8) is 0 Å². The Labute approximate surface area is 133 Å². The Hall–Kier alpha value is -1.73. The van der Waals surface area contributed by atoms with Crippen LogP contribution in [0.25, 0.3) is 0 Å². The third-order valence-electron chi connectivity index (χ3n) is 4.10. The van der Waals surface area contributed by atoms with Crippen LogP contribution < -0.4 is 4.74 Å². The monoisotopic (exact) mass is 330 g/mol. The maximum atomic E-state index is 14.1. The molecular weight excluding hydrogens is 310 g/mol. The van der Waals surface area contributed by atoms with Gasteiger partial charge in [-0.1, -0.05) is 6.07 Å². The Bertz CT molecular complexity index is 602. The lowest BCUT2D eigenvalue weighted by molar-refractivity contribution is -0.158. The Morgan fingerprint density at radius 3 is 2.39 bits per heavy atom. The zero-order valence-electron chi connectivity index (χ0n) is 13.7. The molecule has 128 valence electrons. The first-order chi connectivity index (χ1) is 10.8. The smallest absolute Gasteiger partial charge is 0.335 e. The molecule has 7 heteroatoms. The molecule has 0 aromatic heterocycles. The van der Waals surface area contributed by atoms with Gasteiger partial charge < -0.3 is 18.9 Å². The molecular formula is C16H20F2O5. The molecule has 1 aromatic carbocycles. The predicted octanol–water partition coefficient (Wildman–Crippen LogP) is 2.42. The van der Waals surface area contributed by atoms with Crippen molar-refractivity contribution >= 4 is 5.97 Å². The van der Waals surface area contributed by atoms with E-state index in [1.54, 1.807) is 13.8 Å². The van der Waals surface area contributed by atoms with Crippen LogP contribution in [-0.2, 0) is 19.0 Å². The van der Waals surface area contributed by atoms with Crippen molar-refractivity contribution in [2.45, 2.75) is 37.6 Å². The maximum Gasteiger partial charge on any atom is 0.335 e. The van der Waals surface area contributed by atoms with Crippen molar-refractivity contribution in [1.82, 2.24) is 0 Å². The van der Waals surface area contributed by atoms with E-state index in [9.17, 15) is 13.6 Å². The molecule has 1 aliphatic heterocycles. The van der Waals surface area contributed by atoms with Crippen molar-refractivity contribution in [2.75, 3.05) is 21.3 Å². The summed E-state index contributed by atoms with van der Waals surface area (Å²) in [4.78, 5) is 12.1. The van der Waals surface area contributed by atoms with Gasteiger partial charge in [-0.15, -0.1) is 0 Å². The summed E-state index contributed by atoms with van der Waals surface area (Å²) in [6.07, 6.45) is -1.59. The molecule has 1 aromatic rings. The molecule has 0 saturated carbocycles. The highest BCUT2D eigenvalue weighted by atomic mass is 19.2. The highest BCUT2D eigenvalue weighted by Crippen LogP contribution is 2.46. The predicted molar refractivity (Wildman–Crippen MR) is 77.4 cm³/mol. The van der Waals surface area contributed by atoms with Crippen LogP contribution in [0.1, 0.15) is 25.3 Å². The number of carbonyl (C=O) groups is 1. The van der Waals surface area contributed by atoms with E-state index in [0.717, 1.165) is 6.07 Å². The van der Waals surface area contributed by atoms with Crippen LogP contribution in [0.2, 0.25) is 0 Å². The van der Waals surface area contributed by atoms with Gasteiger partial charge in [0, 0.05) is 12.7 Å². The molecule has 23 heavy (non-hydrogen) atoms. The molecule has 0 radical (unpaired) electrons. The van der Waals surface area contributed by atoms with Crippen molar-refractivity contribution < 1.29 is 32.5 Å². The number of carbonyl (C=O) groups excluding carboxylic acids is 1. The number of benzene rings is 1. The first-order valence-electron chi connectivity index (χ1n) is 7.08. The third-order valence-corrected chi connectivity index (χ3v) is 4.10. The van der Waals surface area contributed by atoms with E-state index >= 15 is 0 Å². The number of methoxy groups -OCH3 is 3. The standard InChI is InChI=1S/C16H20F2O5/c1-16(2)14(21-4)10(13(23-16)15(19)22-5)8-6-7-9(17)11(18)12(8)20-3/h6-7,10,13-14H,1-5H3. The van der Waals surface area contributed by atoms with Crippen LogP contribution in [-0.4, -0.2) is 45.1 Å². The second-order valence-corrected chi connectivity index (χ2v) is 5.83. The van der Waals surface area contributed by atoms with E-state index in [2.05, 4.69) is 0 Å². The summed E-state index contributed by atoms with van der Waals surface area (Å²) in [6.45, 7) is 3.51. The summed E-state index contributed by atoms with van der Waals surface area (Å²) in [5.74, 6) is -3.74. The highest BCUT2D eigenvalue weighted by Gasteiger charge is 2.54. The molecule has 0 aliphatic carbocycles. The fourth-order valence-corrected chi connectivity index (χ4v) is 3.14. The highest BCUT2D eigenvalue weighted by molar-refractivity contribution is 5.77. The average Bonchev–Trinajstić information content (AvgIpc) is 2.79. The van der Waals surface area contributed by atoms with Crippen LogP contribution in [0.15, 0.2) is 12.1 Å². The summed E-state index contributed by atoms with van der Waals surface area (Å²) in [7, 11) is 3.93. The summed E-state index contributed by atoms with van der Waals surface area (Å²) >= 11 is 0. The topological polar surface area (TPSA) is 54.0 Å². The molecule has 0 spiro atoms. The van der Waals surface area contributed by atoms with E-state index in [1.807, 2.05) is 0 Å². The summed E-state index contributed by atoms with van der Waals surface area (Å²) in [6, 6.07) is 2.36. The first kappa shape index (κ1) is 17.6. The van der Waals surface area contributed by atoms with Crippen LogP contribution in [0.4, 0.5) is 8.78 Å². The molecule has 1 fully saturated rings. The molecule has 1 saturated heterocycles. The summed E-state index contributed by atoms with van der Waals surface area (Å²) in [5.41, 5.74) is -0.534.